The van der Waals surface area contributed by atoms with Gasteiger partial charge in [0.25, 0.3) is 5.91 Å². The molecule has 3 N–H and O–H groups in total. The Bertz CT molecular complexity index is 2210. The van der Waals surface area contributed by atoms with Crippen LogP contribution in [0.4, 0.5) is 0 Å². The van der Waals surface area contributed by atoms with Crippen molar-refractivity contribution in [3.8, 4) is 28.1 Å². The molecule has 6 bridgehead atoms. The van der Waals surface area contributed by atoms with Crippen molar-refractivity contribution in [2.75, 3.05) is 26.8 Å². The van der Waals surface area contributed by atoms with E-state index in [0.29, 0.717) is 63.9 Å². The first-order chi connectivity index (χ1) is 27.8. The van der Waals surface area contributed by atoms with Gasteiger partial charge in [-0.05, 0) is 96.7 Å². The Labute approximate surface area is 340 Å². The molecule has 0 radical (unpaired) electrons. The van der Waals surface area contributed by atoms with Gasteiger partial charge in [0.1, 0.15) is 23.9 Å². The molecule has 4 aromatic rings. The summed E-state index contributed by atoms with van der Waals surface area (Å²) >= 11 is 0. The molecule has 7 rings (SSSR count). The van der Waals surface area contributed by atoms with Gasteiger partial charge in [-0.15, -0.1) is 0 Å². The molecule has 13 nitrogen and oxygen atoms in total. The summed E-state index contributed by atoms with van der Waals surface area (Å²) in [5.41, 5.74) is 9.96. The zero-order chi connectivity index (χ0) is 41.3. The molecule has 2 fully saturated rings. The smallest absolute Gasteiger partial charge is 0.324 e. The average Bonchev–Trinajstić information content (AvgIpc) is 3.75. The Kier molecular flexibility index (Phi) is 11.9. The second-order valence-electron chi connectivity index (χ2n) is 17.1. The van der Waals surface area contributed by atoms with Gasteiger partial charge in [-0.3, -0.25) is 29.2 Å². The van der Waals surface area contributed by atoms with Crippen LogP contribution in [0, 0.1) is 11.3 Å². The van der Waals surface area contributed by atoms with Gasteiger partial charge >= 0.3 is 5.97 Å². The summed E-state index contributed by atoms with van der Waals surface area (Å²) in [5, 5.41) is 16.6. The van der Waals surface area contributed by atoms with Gasteiger partial charge in [0.2, 0.25) is 11.8 Å². The summed E-state index contributed by atoms with van der Waals surface area (Å²) in [5.74, 6) is -1.55. The number of hydrazine groups is 1. The molecule has 3 aliphatic heterocycles. The first-order valence-corrected chi connectivity index (χ1v) is 20.5. The highest BCUT2D eigenvalue weighted by Crippen LogP contribution is 2.41. The number of ether oxygens (including phenoxy) is 2. The number of aromatic hydroxyl groups is 1. The van der Waals surface area contributed by atoms with E-state index >= 15 is 0 Å². The summed E-state index contributed by atoms with van der Waals surface area (Å²) in [7, 11) is 1.68. The number of carbonyl (C=O) groups excluding carboxylic acids is 4. The number of pyridine rings is 1. The second kappa shape index (κ2) is 16.9. The summed E-state index contributed by atoms with van der Waals surface area (Å²) in [6, 6.07) is 10.9. The SMILES string of the molecule is CCn1c(-c2cnccc2COC)c2c3cc(ccc31)-c1cc(O)cc(c1)C[C@H](NC(=O)C(C(C)C)N1CCCC1=O)C(=O)N1CCC[C@H](N1)C(=O)OCC(C)(C)C2. The van der Waals surface area contributed by atoms with Gasteiger partial charge in [-0.2, -0.15) is 0 Å². The largest absolute Gasteiger partial charge is 0.508 e. The number of phenols is 1. The number of cyclic esters (lactones) is 1. The topological polar surface area (TPSA) is 155 Å². The predicted molar refractivity (Wildman–Crippen MR) is 220 cm³/mol. The van der Waals surface area contributed by atoms with Crippen LogP contribution in [-0.4, -0.2) is 93.2 Å². The van der Waals surface area contributed by atoms with Crippen molar-refractivity contribution in [1.82, 2.24) is 30.2 Å². The molecule has 5 heterocycles. The van der Waals surface area contributed by atoms with Crippen molar-refractivity contribution in [2.24, 2.45) is 11.3 Å². The number of nitrogens with zero attached hydrogens (tertiary/aromatic N) is 4. The first-order valence-electron chi connectivity index (χ1n) is 20.5. The quantitative estimate of drug-likeness (QED) is 0.195. The number of amides is 3. The molecule has 2 saturated heterocycles. The fourth-order valence-electron chi connectivity index (χ4n) is 8.96. The van der Waals surface area contributed by atoms with Crippen LogP contribution in [0.5, 0.6) is 5.75 Å². The van der Waals surface area contributed by atoms with E-state index in [2.05, 4.69) is 53.2 Å². The van der Waals surface area contributed by atoms with E-state index in [9.17, 15) is 24.3 Å². The number of benzene rings is 2. The molecule has 0 saturated carbocycles. The monoisotopic (exact) mass is 792 g/mol. The normalized spacial score (nSPS) is 20.6. The number of carbonyl (C=O) groups is 4. The summed E-state index contributed by atoms with van der Waals surface area (Å²) in [4.78, 5) is 61.3. The number of fused-ring (bicyclic) bond motifs is 6. The van der Waals surface area contributed by atoms with Crippen molar-refractivity contribution < 1.29 is 33.8 Å². The fraction of sp³-hybridized carbons (Fsp3) is 0.489. The van der Waals surface area contributed by atoms with E-state index in [1.165, 1.54) is 5.01 Å². The molecule has 0 aliphatic carbocycles. The van der Waals surface area contributed by atoms with Crippen molar-refractivity contribution in [1.29, 1.82) is 0 Å². The minimum atomic E-state index is -1.07. The third kappa shape index (κ3) is 8.33. The number of phenolic OH excluding ortho intramolecular Hbond substituents is 1. The molecule has 13 heteroatoms. The number of hydrogen-bond donors (Lipinski definition) is 3. The lowest BCUT2D eigenvalue weighted by Crippen LogP contribution is -2.62. The summed E-state index contributed by atoms with van der Waals surface area (Å²) in [6.07, 6.45) is 6.36. The highest BCUT2D eigenvalue weighted by molar-refractivity contribution is 5.96. The third-order valence-corrected chi connectivity index (χ3v) is 11.7. The molecular weight excluding hydrogens is 737 g/mol. The maximum absolute atomic E-state index is 14.5. The van der Waals surface area contributed by atoms with Gasteiger partial charge in [0, 0.05) is 73.9 Å². The summed E-state index contributed by atoms with van der Waals surface area (Å²) < 4.78 is 14.0. The van der Waals surface area contributed by atoms with Crippen LogP contribution in [0.3, 0.4) is 0 Å². The molecule has 3 amide bonds. The maximum Gasteiger partial charge on any atom is 0.324 e. The Hall–Kier alpha value is -5.27. The number of aromatic nitrogens is 2. The van der Waals surface area contributed by atoms with E-state index in [4.69, 9.17) is 9.47 Å². The lowest BCUT2D eigenvalue weighted by molar-refractivity contribution is -0.155. The number of methoxy groups -OCH3 is 1. The van der Waals surface area contributed by atoms with Gasteiger partial charge in [0.15, 0.2) is 0 Å². The molecular formula is C45H56N6O7. The fourth-order valence-corrected chi connectivity index (χ4v) is 8.96. The number of nitrogens with one attached hydrogen (secondary N) is 2. The highest BCUT2D eigenvalue weighted by atomic mass is 16.5. The summed E-state index contributed by atoms with van der Waals surface area (Å²) in [6.45, 7) is 12.1. The standard InChI is InChI=1S/C45H56N6O7/c1-7-49-38-13-12-29-22-33(38)34(41(49)35-24-46-15-14-30(35)25-57-6)23-45(4,5)26-58-44(56)36-10-8-17-51(48-36)43(55)37(20-28-18-31(29)21-32(52)19-28)47-42(54)40(27(2)3)50-16-9-11-39(50)53/h12-15,18-19,21-22,24,27,36-37,40,48,52H,7-11,16-17,20,23,25-26H2,1-6H3,(H,47,54)/t36-,37-,40?/m0/s1. The number of rotatable bonds is 8. The molecule has 308 valence electrons. The van der Waals surface area contributed by atoms with Gasteiger partial charge in [-0.25, -0.2) is 5.43 Å². The molecule has 0 spiro atoms. The minimum Gasteiger partial charge on any atom is -0.508 e. The van der Waals surface area contributed by atoms with Crippen molar-refractivity contribution in [3.05, 3.63) is 71.5 Å². The molecule has 58 heavy (non-hydrogen) atoms. The van der Waals surface area contributed by atoms with E-state index < -0.39 is 41.3 Å². The number of hydrogen-bond acceptors (Lipinski definition) is 9. The van der Waals surface area contributed by atoms with Gasteiger partial charge in [0.05, 0.1) is 18.9 Å². The Balaban J connectivity index is 1.36. The van der Waals surface area contributed by atoms with Crippen LogP contribution in [0.25, 0.3) is 33.3 Å². The molecule has 3 aliphatic rings. The van der Waals surface area contributed by atoms with Crippen molar-refractivity contribution >= 4 is 34.6 Å². The lowest BCUT2D eigenvalue weighted by atomic mass is 9.84. The molecule has 2 aromatic carbocycles. The zero-order valence-electron chi connectivity index (χ0n) is 34.5. The maximum atomic E-state index is 14.5. The van der Waals surface area contributed by atoms with Crippen LogP contribution in [0.2, 0.25) is 0 Å². The zero-order valence-corrected chi connectivity index (χ0v) is 34.5. The van der Waals surface area contributed by atoms with Gasteiger partial charge in [-0.1, -0.05) is 39.8 Å². The predicted octanol–water partition coefficient (Wildman–Crippen LogP) is 5.54. The van der Waals surface area contributed by atoms with E-state index in [0.717, 1.165) is 44.4 Å². The minimum absolute atomic E-state index is 0.0221. The van der Waals surface area contributed by atoms with Crippen LogP contribution in [0.15, 0.2) is 54.9 Å². The molecule has 2 aromatic heterocycles. The Morgan fingerprint density at radius 1 is 1.09 bits per heavy atom. The Morgan fingerprint density at radius 3 is 2.62 bits per heavy atom. The van der Waals surface area contributed by atoms with Crippen molar-refractivity contribution in [2.45, 2.75) is 104 Å². The van der Waals surface area contributed by atoms with Crippen LogP contribution < -0.4 is 10.7 Å². The Morgan fingerprint density at radius 2 is 1.90 bits per heavy atom. The number of aryl methyl sites for hydroxylation is 1. The first kappa shape index (κ1) is 40.9. The van der Waals surface area contributed by atoms with E-state index in [1.54, 1.807) is 30.3 Å². The van der Waals surface area contributed by atoms with Crippen LogP contribution >= 0.6 is 0 Å². The van der Waals surface area contributed by atoms with Crippen LogP contribution in [-0.2, 0) is 54.6 Å². The van der Waals surface area contributed by atoms with E-state index in [1.807, 2.05) is 38.2 Å². The highest BCUT2D eigenvalue weighted by Gasteiger charge is 2.39. The number of esters is 1. The van der Waals surface area contributed by atoms with E-state index in [-0.39, 0.29) is 30.6 Å². The van der Waals surface area contributed by atoms with Gasteiger partial charge < -0.3 is 29.4 Å². The molecule has 3 atom stereocenters. The average molecular weight is 793 g/mol. The van der Waals surface area contributed by atoms with Crippen molar-refractivity contribution in [3.63, 3.8) is 0 Å². The lowest BCUT2D eigenvalue weighted by Gasteiger charge is -2.36. The molecule has 1 unspecified atom stereocenters. The third-order valence-electron chi connectivity index (χ3n) is 11.7. The number of likely N-dealkylation sites (tertiary alicyclic amines) is 1. The second-order valence-corrected chi connectivity index (χ2v) is 17.1. The van der Waals surface area contributed by atoms with Crippen LogP contribution in [0.1, 0.15) is 77.0 Å².